The number of ether oxygens (including phenoxy) is 1. The van der Waals surface area contributed by atoms with Crippen molar-refractivity contribution in [1.82, 2.24) is 9.97 Å². The summed E-state index contributed by atoms with van der Waals surface area (Å²) in [5.41, 5.74) is 2.63. The highest BCUT2D eigenvalue weighted by Gasteiger charge is 2.34. The minimum atomic E-state index is -4.51. The van der Waals surface area contributed by atoms with E-state index in [4.69, 9.17) is 19.1 Å². The highest BCUT2D eigenvalue weighted by Crippen LogP contribution is 2.32. The summed E-state index contributed by atoms with van der Waals surface area (Å²) in [5, 5.41) is 4.07. The van der Waals surface area contributed by atoms with Gasteiger partial charge < -0.3 is 14.5 Å². The molecule has 0 unspecified atom stereocenters. The zero-order valence-electron chi connectivity index (χ0n) is 21.8. The topological polar surface area (TPSA) is 89.6 Å². The van der Waals surface area contributed by atoms with E-state index in [0.717, 1.165) is 30.0 Å². The Morgan fingerprint density at radius 3 is 2.67 bits per heavy atom. The van der Waals surface area contributed by atoms with Gasteiger partial charge in [-0.15, -0.1) is 0 Å². The van der Waals surface area contributed by atoms with Crippen LogP contribution >= 0.6 is 0 Å². The molecule has 0 saturated carbocycles. The predicted octanol–water partition coefficient (Wildman–Crippen LogP) is 7.45. The van der Waals surface area contributed by atoms with E-state index in [1.54, 1.807) is 25.5 Å². The van der Waals surface area contributed by atoms with Gasteiger partial charge in [0, 0.05) is 42.1 Å². The zero-order chi connectivity index (χ0) is 28.1. The van der Waals surface area contributed by atoms with E-state index in [9.17, 15) is 18.0 Å². The summed E-state index contributed by atoms with van der Waals surface area (Å²) in [6, 6.07) is 15.0. The van der Waals surface area contributed by atoms with Crippen LogP contribution in [0, 0.1) is 0 Å². The maximum absolute atomic E-state index is 13.2. The number of aliphatic imine (C=N–C) groups is 1. The van der Waals surface area contributed by atoms with Crippen molar-refractivity contribution in [3.63, 3.8) is 0 Å². The monoisotopic (exact) mass is 548 g/mol. The summed E-state index contributed by atoms with van der Waals surface area (Å²) in [4.78, 5) is 27.0. The molecule has 7 nitrogen and oxygen atoms in total. The fourth-order valence-corrected chi connectivity index (χ4v) is 4.47. The molecule has 2 aromatic carbocycles. The van der Waals surface area contributed by atoms with Gasteiger partial charge in [0.1, 0.15) is 17.3 Å². The minimum absolute atomic E-state index is 0.0863. The van der Waals surface area contributed by atoms with Crippen molar-refractivity contribution in [2.45, 2.75) is 38.3 Å². The van der Waals surface area contributed by atoms with E-state index >= 15 is 0 Å². The van der Waals surface area contributed by atoms with Crippen LogP contribution in [-0.2, 0) is 12.6 Å². The first-order valence-corrected chi connectivity index (χ1v) is 12.9. The van der Waals surface area contributed by atoms with Gasteiger partial charge >= 0.3 is 6.18 Å². The maximum atomic E-state index is 13.2. The van der Waals surface area contributed by atoms with E-state index in [1.807, 2.05) is 36.4 Å². The van der Waals surface area contributed by atoms with Crippen molar-refractivity contribution in [1.29, 1.82) is 0 Å². The Morgan fingerprint density at radius 2 is 1.93 bits per heavy atom. The van der Waals surface area contributed by atoms with Gasteiger partial charge in [0.25, 0.3) is 0 Å². The van der Waals surface area contributed by atoms with Crippen molar-refractivity contribution in [3.05, 3.63) is 83.6 Å². The molecule has 0 atom stereocenters. The summed E-state index contributed by atoms with van der Waals surface area (Å²) in [7, 11) is 1.59. The average molecular weight is 549 g/mol. The van der Waals surface area contributed by atoms with Crippen molar-refractivity contribution >= 4 is 40.0 Å². The first-order chi connectivity index (χ1) is 19.3. The third-order valence-corrected chi connectivity index (χ3v) is 6.51. The van der Waals surface area contributed by atoms with Gasteiger partial charge in [0.15, 0.2) is 11.6 Å². The molecule has 4 aromatic rings. The van der Waals surface area contributed by atoms with E-state index < -0.39 is 11.9 Å². The number of halogens is 3. The Labute approximate surface area is 228 Å². The number of nitrogens with one attached hydrogen (secondary N) is 1. The number of anilines is 2. The number of dihydropyridines is 1. The third-order valence-electron chi connectivity index (χ3n) is 6.51. The minimum Gasteiger partial charge on any atom is -0.497 e. The number of nitrogens with zero attached hydrogens (tertiary/aromatic N) is 3. The molecule has 0 spiro atoms. The molecular formula is C30H27F3N4O3. The number of aryl methyl sites for hydroxylation is 1. The van der Waals surface area contributed by atoms with Gasteiger partial charge in [-0.25, -0.2) is 9.97 Å². The summed E-state index contributed by atoms with van der Waals surface area (Å²) < 4.78 is 48.5. The molecule has 40 heavy (non-hydrogen) atoms. The second-order valence-corrected chi connectivity index (χ2v) is 9.33. The smallest absolute Gasteiger partial charge is 0.449 e. The van der Waals surface area contributed by atoms with Crippen LogP contribution in [0.25, 0.3) is 16.5 Å². The molecule has 1 N–H and O–H groups in total. The number of benzene rings is 2. The largest absolute Gasteiger partial charge is 0.497 e. The summed E-state index contributed by atoms with van der Waals surface area (Å²) in [6.45, 7) is 0.727. The second-order valence-electron chi connectivity index (χ2n) is 9.33. The van der Waals surface area contributed by atoms with Gasteiger partial charge in [-0.3, -0.25) is 9.79 Å². The lowest BCUT2D eigenvalue weighted by Gasteiger charge is -2.15. The molecule has 3 heterocycles. The standard InChI is InChI=1S/C30H27F3N4O3/c1-39-21-12-14-25-23(17-21)29(37-28(35-25)19-7-6-16-34-18-19)36-24-10-4-3-9-22(24)26(38)11-5-2-8-20-13-15-27(40-20)30(31,32)33/h3-4,7,9-10,12-15,17-18H,2,5-6,8,11,16H2,1H3,(H,35,36,37). The van der Waals surface area contributed by atoms with Crippen molar-refractivity contribution in [2.75, 3.05) is 19.0 Å². The maximum Gasteiger partial charge on any atom is 0.449 e. The van der Waals surface area contributed by atoms with Gasteiger partial charge in [-0.05, 0) is 61.7 Å². The molecule has 1 aliphatic rings. The van der Waals surface area contributed by atoms with E-state index in [-0.39, 0.29) is 18.0 Å². The molecule has 10 heteroatoms. The highest BCUT2D eigenvalue weighted by atomic mass is 19.4. The van der Waals surface area contributed by atoms with Crippen molar-refractivity contribution in [3.8, 4) is 5.75 Å². The summed E-state index contributed by atoms with van der Waals surface area (Å²) >= 11 is 0. The summed E-state index contributed by atoms with van der Waals surface area (Å²) in [5.74, 6) is 0.854. The van der Waals surface area contributed by atoms with Gasteiger partial charge in [0.05, 0.1) is 18.3 Å². The van der Waals surface area contributed by atoms with E-state index in [1.165, 1.54) is 6.07 Å². The molecule has 0 amide bonds. The third kappa shape index (κ3) is 6.22. The molecule has 0 radical (unpaired) electrons. The van der Waals surface area contributed by atoms with E-state index in [0.29, 0.717) is 53.4 Å². The van der Waals surface area contributed by atoms with E-state index in [2.05, 4.69) is 10.3 Å². The van der Waals surface area contributed by atoms with Crippen molar-refractivity contribution < 1.29 is 27.1 Å². The lowest BCUT2D eigenvalue weighted by Crippen LogP contribution is -2.07. The Hall–Kier alpha value is -4.47. The molecule has 5 rings (SSSR count). The highest BCUT2D eigenvalue weighted by molar-refractivity contribution is 6.10. The predicted molar refractivity (Wildman–Crippen MR) is 147 cm³/mol. The number of methoxy groups -OCH3 is 1. The summed E-state index contributed by atoms with van der Waals surface area (Å²) in [6.07, 6.45) is 1.68. The number of hydrogen-bond acceptors (Lipinski definition) is 7. The number of unbranched alkanes of at least 4 members (excludes halogenated alkanes) is 1. The number of ketones is 1. The lowest BCUT2D eigenvalue weighted by molar-refractivity contribution is -0.153. The first kappa shape index (κ1) is 27.1. The number of carbonyl (C=O) groups is 1. The molecule has 206 valence electrons. The number of alkyl halides is 3. The molecule has 0 saturated heterocycles. The van der Waals surface area contributed by atoms with Crippen LogP contribution in [-0.4, -0.2) is 35.6 Å². The molecule has 0 bridgehead atoms. The molecule has 1 aliphatic heterocycles. The van der Waals surface area contributed by atoms with Gasteiger partial charge in [0.2, 0.25) is 5.76 Å². The number of carbonyl (C=O) groups excluding carboxylic acids is 1. The van der Waals surface area contributed by atoms with Crippen LogP contribution in [0.2, 0.25) is 0 Å². The lowest BCUT2D eigenvalue weighted by atomic mass is 10.0. The number of Topliss-reactive ketones (excluding diaryl/α,β-unsaturated/α-hetero) is 1. The normalized spacial score (nSPS) is 13.3. The number of hydrogen-bond donors (Lipinski definition) is 1. The number of furan rings is 1. The molecular weight excluding hydrogens is 521 g/mol. The number of allylic oxidation sites excluding steroid dienone is 1. The van der Waals surface area contributed by atoms with Crippen LogP contribution in [0.1, 0.15) is 53.4 Å². The number of fused-ring (bicyclic) bond motifs is 1. The van der Waals surface area contributed by atoms with Crippen LogP contribution in [0.5, 0.6) is 5.75 Å². The average Bonchev–Trinajstić information content (AvgIpc) is 3.45. The van der Waals surface area contributed by atoms with Crippen molar-refractivity contribution in [2.24, 2.45) is 4.99 Å². The fraction of sp³-hybridized carbons (Fsp3) is 0.267. The number of aromatic nitrogens is 2. The molecule has 0 fully saturated rings. The Bertz CT molecular complexity index is 1590. The van der Waals surface area contributed by atoms with Gasteiger partial charge in [-0.1, -0.05) is 18.2 Å². The second kappa shape index (κ2) is 11.7. The van der Waals surface area contributed by atoms with Gasteiger partial charge in [-0.2, -0.15) is 13.2 Å². The molecule has 0 aliphatic carbocycles. The van der Waals surface area contributed by atoms with Crippen LogP contribution < -0.4 is 10.1 Å². The Kier molecular flexibility index (Phi) is 7.95. The molecule has 2 aromatic heterocycles. The Morgan fingerprint density at radius 1 is 1.07 bits per heavy atom. The Balaban J connectivity index is 1.34. The SMILES string of the molecule is COc1ccc2nc(C3=CCCN=C3)nc(Nc3ccccc3C(=O)CCCCc3ccc(C(F)(F)F)o3)c2c1. The fourth-order valence-electron chi connectivity index (χ4n) is 4.47. The number of para-hydroxylation sites is 1. The van der Waals surface area contributed by atoms with Crippen LogP contribution in [0.4, 0.5) is 24.7 Å². The van der Waals surface area contributed by atoms with Crippen LogP contribution in [0.3, 0.4) is 0 Å². The number of rotatable bonds is 10. The van der Waals surface area contributed by atoms with Crippen LogP contribution in [0.15, 0.2) is 70.1 Å². The quantitative estimate of drug-likeness (QED) is 0.164. The zero-order valence-corrected chi connectivity index (χ0v) is 21.8. The first-order valence-electron chi connectivity index (χ1n) is 12.9.